The number of carboxylic acids is 1. The molecule has 4 nitrogen and oxygen atoms in total. The van der Waals surface area contributed by atoms with E-state index in [9.17, 15) is 4.79 Å². The van der Waals surface area contributed by atoms with Crippen LogP contribution in [0.2, 0.25) is 0 Å². The van der Waals surface area contributed by atoms with Gasteiger partial charge >= 0.3 is 5.97 Å². The smallest absolute Gasteiger partial charge is 0.309 e. The van der Waals surface area contributed by atoms with Gasteiger partial charge in [-0.1, -0.05) is 6.92 Å². The molecular weight excluding hydrogens is 204 g/mol. The van der Waals surface area contributed by atoms with Crippen molar-refractivity contribution in [2.24, 2.45) is 5.41 Å². The molecular formula is C12H20N2O2. The molecule has 0 saturated carbocycles. The molecule has 1 heterocycles. The Morgan fingerprint density at radius 1 is 1.56 bits per heavy atom. The van der Waals surface area contributed by atoms with Crippen molar-refractivity contribution < 1.29 is 9.90 Å². The van der Waals surface area contributed by atoms with Crippen LogP contribution in [0.4, 0.5) is 0 Å². The zero-order valence-corrected chi connectivity index (χ0v) is 10.2. The third-order valence-corrected chi connectivity index (χ3v) is 2.90. The lowest BCUT2D eigenvalue weighted by atomic mass is 9.88. The Morgan fingerprint density at radius 2 is 2.25 bits per heavy atom. The zero-order chi connectivity index (χ0) is 12.2. The predicted molar refractivity (Wildman–Crippen MR) is 62.3 cm³/mol. The van der Waals surface area contributed by atoms with Crippen LogP contribution in [0.15, 0.2) is 12.4 Å². The van der Waals surface area contributed by atoms with Crippen LogP contribution in [0.3, 0.4) is 0 Å². The van der Waals surface area contributed by atoms with Crippen LogP contribution in [0.5, 0.6) is 0 Å². The van der Waals surface area contributed by atoms with Crippen molar-refractivity contribution in [2.75, 3.05) is 0 Å². The molecule has 0 atom stereocenters. The molecule has 0 aliphatic heterocycles. The summed E-state index contributed by atoms with van der Waals surface area (Å²) < 4.78 is 2.10. The molecule has 0 fully saturated rings. The van der Waals surface area contributed by atoms with E-state index in [0.717, 1.165) is 25.2 Å². The molecule has 16 heavy (non-hydrogen) atoms. The first-order chi connectivity index (χ1) is 7.47. The van der Waals surface area contributed by atoms with Gasteiger partial charge in [0.15, 0.2) is 0 Å². The van der Waals surface area contributed by atoms with Crippen LogP contribution in [-0.4, -0.2) is 20.6 Å². The fraction of sp³-hybridized carbons (Fsp3) is 0.667. The molecule has 1 rings (SSSR count). The molecule has 0 bridgehead atoms. The summed E-state index contributed by atoms with van der Waals surface area (Å²) in [5.41, 5.74) is -0.632. The predicted octanol–water partition coefficient (Wildman–Crippen LogP) is 2.34. The molecule has 0 aliphatic rings. The number of aromatic nitrogens is 2. The van der Waals surface area contributed by atoms with Crippen LogP contribution in [0.25, 0.3) is 0 Å². The summed E-state index contributed by atoms with van der Waals surface area (Å²) in [4.78, 5) is 15.1. The normalized spacial score (nSPS) is 11.7. The monoisotopic (exact) mass is 224 g/mol. The van der Waals surface area contributed by atoms with Crippen LogP contribution in [0.1, 0.15) is 39.4 Å². The third kappa shape index (κ3) is 3.08. The number of aryl methyl sites for hydroxylation is 2. The van der Waals surface area contributed by atoms with Crippen LogP contribution < -0.4 is 0 Å². The molecule has 0 saturated heterocycles. The molecule has 0 spiro atoms. The first-order valence-corrected chi connectivity index (χ1v) is 5.71. The van der Waals surface area contributed by atoms with Crippen LogP contribution in [0, 0.1) is 5.41 Å². The minimum atomic E-state index is -0.728. The zero-order valence-electron chi connectivity index (χ0n) is 10.2. The highest BCUT2D eigenvalue weighted by Crippen LogP contribution is 2.22. The number of hydrogen-bond donors (Lipinski definition) is 1. The molecule has 4 heteroatoms. The Labute approximate surface area is 96.3 Å². The second-order valence-corrected chi connectivity index (χ2v) is 4.68. The van der Waals surface area contributed by atoms with Crippen molar-refractivity contribution in [3.63, 3.8) is 0 Å². The highest BCUT2D eigenvalue weighted by atomic mass is 16.4. The first-order valence-electron chi connectivity index (χ1n) is 5.71. The molecule has 0 aromatic carbocycles. The van der Waals surface area contributed by atoms with Gasteiger partial charge in [-0.25, -0.2) is 4.98 Å². The van der Waals surface area contributed by atoms with Gasteiger partial charge in [0.05, 0.1) is 5.41 Å². The summed E-state index contributed by atoms with van der Waals surface area (Å²) in [6.07, 6.45) is 6.20. The second kappa shape index (κ2) is 5.14. The summed E-state index contributed by atoms with van der Waals surface area (Å²) in [6, 6.07) is 0. The van der Waals surface area contributed by atoms with Gasteiger partial charge in [0.1, 0.15) is 5.82 Å². The van der Waals surface area contributed by atoms with E-state index < -0.39 is 11.4 Å². The van der Waals surface area contributed by atoms with E-state index in [-0.39, 0.29) is 0 Å². The number of carboxylic acid groups (broad SMARTS) is 1. The van der Waals surface area contributed by atoms with E-state index in [1.165, 1.54) is 0 Å². The maximum absolute atomic E-state index is 10.9. The lowest BCUT2D eigenvalue weighted by molar-refractivity contribution is -0.147. The molecule has 0 radical (unpaired) electrons. The van der Waals surface area contributed by atoms with E-state index in [4.69, 9.17) is 5.11 Å². The van der Waals surface area contributed by atoms with Gasteiger partial charge in [-0.15, -0.1) is 0 Å². The highest BCUT2D eigenvalue weighted by Gasteiger charge is 2.26. The van der Waals surface area contributed by atoms with E-state index in [1.807, 2.05) is 6.20 Å². The second-order valence-electron chi connectivity index (χ2n) is 4.68. The maximum Gasteiger partial charge on any atom is 0.309 e. The Balaban J connectivity index is 2.44. The van der Waals surface area contributed by atoms with Crippen LogP contribution >= 0.6 is 0 Å². The van der Waals surface area contributed by atoms with Crippen molar-refractivity contribution in [1.82, 2.24) is 9.55 Å². The lowest BCUT2D eigenvalue weighted by Crippen LogP contribution is -2.24. The molecule has 1 N–H and O–H groups in total. The van der Waals surface area contributed by atoms with Crippen molar-refractivity contribution in [3.05, 3.63) is 18.2 Å². The van der Waals surface area contributed by atoms with Crippen molar-refractivity contribution in [2.45, 2.75) is 46.6 Å². The van der Waals surface area contributed by atoms with E-state index in [1.54, 1.807) is 20.0 Å². The fourth-order valence-electron chi connectivity index (χ4n) is 1.66. The van der Waals surface area contributed by atoms with E-state index >= 15 is 0 Å². The fourth-order valence-corrected chi connectivity index (χ4v) is 1.66. The summed E-state index contributed by atoms with van der Waals surface area (Å²) in [6.45, 7) is 6.45. The number of imidazole rings is 1. The molecule has 1 aromatic heterocycles. The average Bonchev–Trinajstić information content (AvgIpc) is 2.64. The summed E-state index contributed by atoms with van der Waals surface area (Å²) >= 11 is 0. The van der Waals surface area contributed by atoms with Gasteiger partial charge in [-0.3, -0.25) is 4.79 Å². The Hall–Kier alpha value is -1.32. The molecule has 0 aliphatic carbocycles. The number of rotatable bonds is 6. The van der Waals surface area contributed by atoms with Gasteiger partial charge in [-0.05, 0) is 26.7 Å². The first kappa shape index (κ1) is 12.7. The third-order valence-electron chi connectivity index (χ3n) is 2.90. The minimum absolute atomic E-state index is 0.632. The number of hydrogen-bond acceptors (Lipinski definition) is 2. The highest BCUT2D eigenvalue weighted by molar-refractivity contribution is 5.73. The van der Waals surface area contributed by atoms with Gasteiger partial charge < -0.3 is 9.67 Å². The van der Waals surface area contributed by atoms with Crippen LogP contribution in [-0.2, 0) is 17.8 Å². The molecule has 0 amide bonds. The topological polar surface area (TPSA) is 55.1 Å². The maximum atomic E-state index is 10.9. The summed E-state index contributed by atoms with van der Waals surface area (Å²) in [5.74, 6) is 0.335. The Morgan fingerprint density at radius 3 is 2.81 bits per heavy atom. The largest absolute Gasteiger partial charge is 0.481 e. The standard InChI is InChI=1S/C12H20N2O2/c1-4-10-13-7-9-14(10)8-5-6-12(2,3)11(15)16/h7,9H,4-6,8H2,1-3H3,(H,15,16). The SMILES string of the molecule is CCc1nccn1CCCC(C)(C)C(=O)O. The van der Waals surface area contributed by atoms with E-state index in [2.05, 4.69) is 16.5 Å². The number of aliphatic carboxylic acids is 1. The minimum Gasteiger partial charge on any atom is -0.481 e. The van der Waals surface area contributed by atoms with Gasteiger partial charge in [0.2, 0.25) is 0 Å². The number of nitrogens with zero attached hydrogens (tertiary/aromatic N) is 2. The Bertz CT molecular complexity index is 356. The summed E-state index contributed by atoms with van der Waals surface area (Å²) in [5, 5.41) is 8.98. The van der Waals surface area contributed by atoms with E-state index in [0.29, 0.717) is 6.42 Å². The quantitative estimate of drug-likeness (QED) is 0.806. The average molecular weight is 224 g/mol. The molecule has 0 unspecified atom stereocenters. The van der Waals surface area contributed by atoms with Crippen molar-refractivity contribution in [3.8, 4) is 0 Å². The van der Waals surface area contributed by atoms with Gasteiger partial charge in [0.25, 0.3) is 0 Å². The number of carbonyl (C=O) groups is 1. The Kier molecular flexibility index (Phi) is 4.10. The molecule has 1 aromatic rings. The van der Waals surface area contributed by atoms with Gasteiger partial charge in [-0.2, -0.15) is 0 Å². The van der Waals surface area contributed by atoms with Crippen molar-refractivity contribution >= 4 is 5.97 Å². The lowest BCUT2D eigenvalue weighted by Gasteiger charge is -2.18. The van der Waals surface area contributed by atoms with Crippen molar-refractivity contribution in [1.29, 1.82) is 0 Å². The molecule has 90 valence electrons. The summed E-state index contributed by atoms with van der Waals surface area (Å²) in [7, 11) is 0. The van der Waals surface area contributed by atoms with Gasteiger partial charge in [0, 0.05) is 25.4 Å².